The van der Waals surface area contributed by atoms with Gasteiger partial charge >= 0.3 is 17.1 Å². The second-order valence-corrected chi connectivity index (χ2v) is 20.5. The zero-order valence-electron chi connectivity index (χ0n) is 19.0. The number of hydrogen-bond acceptors (Lipinski definition) is 8. The third-order valence-corrected chi connectivity index (χ3v) is 12.2. The fourth-order valence-corrected chi connectivity index (χ4v) is 8.45. The smallest absolute Gasteiger partial charge is 0.793 e. The minimum absolute atomic E-state index is 0. The molecule has 0 saturated heterocycles. The Bertz CT molecular complexity index is 439. The molecule has 0 rings (SSSR count). The molecule has 0 aliphatic carbocycles. The molecular weight excluding hydrogens is 534 g/mol. The maximum Gasteiger partial charge on any atom is 2.00 e. The topological polar surface area (TPSA) is 64.6 Å². The van der Waals surface area contributed by atoms with Gasteiger partial charge in [0.25, 0.3) is 0 Å². The molecule has 2 atom stereocenters. The minimum Gasteiger partial charge on any atom is -0.793 e. The molecule has 11 heteroatoms. The molecule has 0 saturated carbocycles. The number of rotatable bonds is 14. The predicted octanol–water partition coefficient (Wildman–Crippen LogP) is 6.04. The van der Waals surface area contributed by atoms with Crippen molar-refractivity contribution in [1.29, 1.82) is 0 Å². The SMILES string of the molecule is CC(C)CCOP([O-])(=S)SCC(C)C.CC(C)CCOP([O-])(=S)SCC(C)C.[Cu+2]. The second kappa shape index (κ2) is 19.8. The molecule has 0 aromatic carbocycles. The third-order valence-electron chi connectivity index (χ3n) is 3.02. The van der Waals surface area contributed by atoms with E-state index in [-0.39, 0.29) is 17.1 Å². The quantitative estimate of drug-likeness (QED) is 0.184. The minimum atomic E-state index is -2.80. The van der Waals surface area contributed by atoms with Crippen molar-refractivity contribution < 1.29 is 35.9 Å². The van der Waals surface area contributed by atoms with Crippen LogP contribution in [0.5, 0.6) is 0 Å². The fraction of sp³-hybridized carbons (Fsp3) is 1.00. The van der Waals surface area contributed by atoms with Gasteiger partial charge in [-0.2, -0.15) is 0 Å². The van der Waals surface area contributed by atoms with E-state index >= 15 is 0 Å². The average Bonchev–Trinajstić information content (AvgIpc) is 2.51. The van der Waals surface area contributed by atoms with Gasteiger partial charge < -0.3 is 18.8 Å². The summed E-state index contributed by atoms with van der Waals surface area (Å²) in [6.45, 7) is 17.8. The van der Waals surface area contributed by atoms with Crippen molar-refractivity contribution in [1.82, 2.24) is 0 Å². The van der Waals surface area contributed by atoms with E-state index in [1.54, 1.807) is 0 Å². The van der Waals surface area contributed by atoms with Gasteiger partial charge in [0.1, 0.15) is 0 Å². The molecular formula is C18H40CuO4P2S4. The molecule has 0 heterocycles. The van der Waals surface area contributed by atoms with Crippen LogP contribution in [0.3, 0.4) is 0 Å². The average molecular weight is 574 g/mol. The third kappa shape index (κ3) is 30.4. The van der Waals surface area contributed by atoms with E-state index in [4.69, 9.17) is 32.7 Å². The zero-order valence-corrected chi connectivity index (χ0v) is 25.0. The summed E-state index contributed by atoms with van der Waals surface area (Å²) in [5.41, 5.74) is -5.61. The van der Waals surface area contributed by atoms with Crippen LogP contribution in [0.15, 0.2) is 0 Å². The van der Waals surface area contributed by atoms with Crippen LogP contribution in [-0.4, -0.2) is 24.7 Å². The first-order chi connectivity index (χ1) is 12.7. The van der Waals surface area contributed by atoms with Gasteiger partial charge in [-0.15, -0.1) is 22.8 Å². The van der Waals surface area contributed by atoms with Crippen molar-refractivity contribution in [3.05, 3.63) is 0 Å². The predicted molar refractivity (Wildman–Crippen MR) is 134 cm³/mol. The molecule has 4 nitrogen and oxygen atoms in total. The molecule has 1 radical (unpaired) electrons. The molecule has 0 aromatic rings. The van der Waals surface area contributed by atoms with Crippen molar-refractivity contribution in [2.75, 3.05) is 24.7 Å². The second-order valence-electron chi connectivity index (χ2n) is 8.31. The van der Waals surface area contributed by atoms with Crippen molar-refractivity contribution in [3.8, 4) is 0 Å². The summed E-state index contributed by atoms with van der Waals surface area (Å²) in [6.07, 6.45) is 1.84. The summed E-state index contributed by atoms with van der Waals surface area (Å²) < 4.78 is 10.4. The summed E-state index contributed by atoms with van der Waals surface area (Å²) in [6, 6.07) is 0. The maximum atomic E-state index is 11.7. The van der Waals surface area contributed by atoms with Gasteiger partial charge in [0.2, 0.25) is 0 Å². The summed E-state index contributed by atoms with van der Waals surface area (Å²) >= 11 is 12.4. The fourth-order valence-electron chi connectivity index (χ4n) is 1.36. The van der Waals surface area contributed by atoms with E-state index in [1.807, 2.05) is 0 Å². The summed E-state index contributed by atoms with van der Waals surface area (Å²) in [5, 5.41) is 0. The van der Waals surface area contributed by atoms with Gasteiger partial charge in [-0.05, 0) is 36.5 Å². The molecule has 0 fully saturated rings. The Morgan fingerprint density at radius 2 is 0.931 bits per heavy atom. The van der Waals surface area contributed by atoms with E-state index in [0.29, 0.717) is 36.9 Å². The summed E-state index contributed by atoms with van der Waals surface area (Å²) in [4.78, 5) is 23.3. The first-order valence-electron chi connectivity index (χ1n) is 9.87. The van der Waals surface area contributed by atoms with E-state index in [2.05, 4.69) is 55.4 Å². The normalized spacial score (nSPS) is 15.7. The molecule has 0 aliphatic rings. The molecule has 0 aliphatic heterocycles. The molecule has 29 heavy (non-hydrogen) atoms. The van der Waals surface area contributed by atoms with Crippen molar-refractivity contribution in [2.24, 2.45) is 23.7 Å². The molecule has 0 bridgehead atoms. The Morgan fingerprint density at radius 3 is 1.14 bits per heavy atom. The van der Waals surface area contributed by atoms with E-state index in [0.717, 1.165) is 24.3 Å². The van der Waals surface area contributed by atoms with E-state index < -0.39 is 11.4 Å². The van der Waals surface area contributed by atoms with Gasteiger partial charge in [-0.25, -0.2) is 0 Å². The van der Waals surface area contributed by atoms with Gasteiger partial charge in [0.05, 0.1) is 13.2 Å². The Balaban J connectivity index is -0.000000451. The largest absolute Gasteiger partial charge is 2.00 e. The molecule has 181 valence electrons. The van der Waals surface area contributed by atoms with Crippen LogP contribution in [0.4, 0.5) is 0 Å². The van der Waals surface area contributed by atoms with Crippen LogP contribution in [0, 0.1) is 23.7 Å². The zero-order chi connectivity index (χ0) is 22.4. The Morgan fingerprint density at radius 1 is 0.655 bits per heavy atom. The van der Waals surface area contributed by atoms with Crippen molar-refractivity contribution in [2.45, 2.75) is 68.2 Å². The van der Waals surface area contributed by atoms with Crippen molar-refractivity contribution in [3.63, 3.8) is 0 Å². The maximum absolute atomic E-state index is 11.7. The standard InChI is InChI=1S/2C9H21O2PS2.Cu/c2*1-8(2)5-6-11-12(10,13)14-7-9(3)4;/h2*8-9H,5-7H2,1-4H3,(H,10,13);/q;;+2/p-2. The number of hydrogen-bond donors (Lipinski definition) is 0. The van der Waals surface area contributed by atoms with Gasteiger partial charge in [0.15, 0.2) is 0 Å². The van der Waals surface area contributed by atoms with Gasteiger partial charge in [-0.3, -0.25) is 0 Å². The first kappa shape index (κ1) is 35.9. The Hall–Kier alpha value is 2.36. The van der Waals surface area contributed by atoms with E-state index in [9.17, 15) is 9.79 Å². The Labute approximate surface area is 209 Å². The molecule has 0 amide bonds. The first-order valence-corrected chi connectivity index (χ1v) is 18.3. The Kier molecular flexibility index (Phi) is 24.5. The van der Waals surface area contributed by atoms with Crippen LogP contribution >= 0.6 is 34.2 Å². The van der Waals surface area contributed by atoms with Gasteiger partial charge in [-0.1, -0.05) is 79.0 Å². The summed E-state index contributed by atoms with van der Waals surface area (Å²) in [7, 11) is 0. The monoisotopic (exact) mass is 573 g/mol. The summed E-state index contributed by atoms with van der Waals surface area (Å²) in [5.74, 6) is 3.76. The molecule has 2 unspecified atom stereocenters. The van der Waals surface area contributed by atoms with E-state index in [1.165, 1.54) is 22.8 Å². The van der Waals surface area contributed by atoms with Crippen LogP contribution < -0.4 is 9.79 Å². The molecule has 0 N–H and O–H groups in total. The molecule has 0 spiro atoms. The van der Waals surface area contributed by atoms with Gasteiger partial charge in [0, 0.05) is 22.9 Å². The van der Waals surface area contributed by atoms with Crippen LogP contribution in [0.25, 0.3) is 0 Å². The van der Waals surface area contributed by atoms with Crippen LogP contribution in [-0.2, 0) is 49.7 Å². The molecule has 0 aromatic heterocycles. The van der Waals surface area contributed by atoms with Crippen LogP contribution in [0.1, 0.15) is 68.2 Å². The van der Waals surface area contributed by atoms with Crippen molar-refractivity contribution >= 4 is 57.8 Å². The van der Waals surface area contributed by atoms with Crippen LogP contribution in [0.2, 0.25) is 0 Å².